The SMILES string of the molecule is CSc1c(-n2ccc3ccccc32)cc(C)c(C)c1-c1ccc(Cl)cc1. The zero-order valence-electron chi connectivity index (χ0n) is 15.1. The van der Waals surface area contributed by atoms with Crippen molar-refractivity contribution >= 4 is 34.3 Å². The number of aryl methyl sites for hydroxylation is 1. The molecule has 0 saturated carbocycles. The molecule has 4 aromatic rings. The first kappa shape index (κ1) is 17.3. The number of hydrogen-bond acceptors (Lipinski definition) is 1. The van der Waals surface area contributed by atoms with Crippen LogP contribution in [0.4, 0.5) is 0 Å². The molecule has 3 aromatic carbocycles. The second kappa shape index (κ2) is 6.86. The fourth-order valence-corrected chi connectivity index (χ4v) is 4.48. The van der Waals surface area contributed by atoms with Gasteiger partial charge in [0.2, 0.25) is 0 Å². The summed E-state index contributed by atoms with van der Waals surface area (Å²) in [5, 5.41) is 2.02. The van der Waals surface area contributed by atoms with Gasteiger partial charge in [-0.2, -0.15) is 0 Å². The van der Waals surface area contributed by atoms with Gasteiger partial charge < -0.3 is 4.57 Å². The van der Waals surface area contributed by atoms with Gasteiger partial charge in [0.05, 0.1) is 11.2 Å². The van der Waals surface area contributed by atoms with Crippen molar-refractivity contribution < 1.29 is 0 Å². The minimum atomic E-state index is 0.765. The topological polar surface area (TPSA) is 4.93 Å². The second-order valence-electron chi connectivity index (χ2n) is 6.50. The number of hydrogen-bond donors (Lipinski definition) is 0. The molecule has 0 aliphatic heterocycles. The lowest BCUT2D eigenvalue weighted by molar-refractivity contribution is 1.07. The van der Waals surface area contributed by atoms with Gasteiger partial charge in [-0.05, 0) is 72.5 Å². The van der Waals surface area contributed by atoms with E-state index < -0.39 is 0 Å². The molecule has 0 unspecified atom stereocenters. The van der Waals surface area contributed by atoms with E-state index in [0.29, 0.717) is 0 Å². The molecule has 4 rings (SSSR count). The second-order valence-corrected chi connectivity index (χ2v) is 7.75. The lowest BCUT2D eigenvalue weighted by Gasteiger charge is -2.20. The summed E-state index contributed by atoms with van der Waals surface area (Å²) in [4.78, 5) is 1.29. The first-order valence-corrected chi connectivity index (χ1v) is 10.2. The van der Waals surface area contributed by atoms with Crippen LogP contribution in [-0.4, -0.2) is 10.8 Å². The van der Waals surface area contributed by atoms with Crippen molar-refractivity contribution in [1.82, 2.24) is 4.57 Å². The van der Waals surface area contributed by atoms with Crippen molar-refractivity contribution in [2.75, 3.05) is 6.26 Å². The third-order valence-electron chi connectivity index (χ3n) is 4.98. The van der Waals surface area contributed by atoms with Gasteiger partial charge in [0.15, 0.2) is 0 Å². The lowest BCUT2D eigenvalue weighted by atomic mass is 9.95. The standard InChI is InChI=1S/C23H20ClNS/c1-15-14-21(25-13-12-17-6-4-5-7-20(17)25)23(26-3)22(16(15)2)18-8-10-19(24)11-9-18/h4-14H,1-3H3. The number of benzene rings is 3. The highest BCUT2D eigenvalue weighted by Crippen LogP contribution is 2.40. The molecule has 1 nitrogen and oxygen atoms in total. The molecular weight excluding hydrogens is 358 g/mol. The molecule has 0 bridgehead atoms. The maximum atomic E-state index is 6.11. The summed E-state index contributed by atoms with van der Waals surface area (Å²) in [5.41, 5.74) is 7.57. The van der Waals surface area contributed by atoms with Gasteiger partial charge in [-0.15, -0.1) is 11.8 Å². The zero-order chi connectivity index (χ0) is 18.3. The van der Waals surface area contributed by atoms with Gasteiger partial charge >= 0.3 is 0 Å². The zero-order valence-corrected chi connectivity index (χ0v) is 16.7. The summed E-state index contributed by atoms with van der Waals surface area (Å²) in [7, 11) is 0. The number of thioether (sulfide) groups is 1. The van der Waals surface area contributed by atoms with E-state index in [0.717, 1.165) is 5.02 Å². The van der Waals surface area contributed by atoms with Gasteiger partial charge in [0.1, 0.15) is 0 Å². The highest BCUT2D eigenvalue weighted by molar-refractivity contribution is 7.98. The molecule has 0 aliphatic carbocycles. The predicted molar refractivity (Wildman–Crippen MR) is 115 cm³/mol. The first-order valence-electron chi connectivity index (χ1n) is 8.60. The van der Waals surface area contributed by atoms with Gasteiger partial charge in [-0.1, -0.05) is 41.9 Å². The minimum absolute atomic E-state index is 0.765. The molecule has 0 N–H and O–H groups in total. The van der Waals surface area contributed by atoms with E-state index >= 15 is 0 Å². The average molecular weight is 378 g/mol. The van der Waals surface area contributed by atoms with Crippen LogP contribution < -0.4 is 0 Å². The van der Waals surface area contributed by atoms with E-state index in [1.165, 1.54) is 43.7 Å². The molecule has 0 radical (unpaired) electrons. The molecule has 1 aromatic heterocycles. The average Bonchev–Trinajstić information content (AvgIpc) is 3.08. The number of rotatable bonds is 3. The monoisotopic (exact) mass is 377 g/mol. The number of aromatic nitrogens is 1. The van der Waals surface area contributed by atoms with Crippen LogP contribution in [0, 0.1) is 13.8 Å². The molecule has 0 fully saturated rings. The predicted octanol–water partition coefficient (Wildman–Crippen LogP) is 7.29. The Hall–Kier alpha value is -2.16. The summed E-state index contributed by atoms with van der Waals surface area (Å²) in [6.45, 7) is 4.39. The molecule has 130 valence electrons. The maximum Gasteiger partial charge on any atom is 0.0600 e. The highest BCUT2D eigenvalue weighted by Gasteiger charge is 2.17. The fourth-order valence-electron chi connectivity index (χ4n) is 3.52. The van der Waals surface area contributed by atoms with Crippen molar-refractivity contribution in [1.29, 1.82) is 0 Å². The van der Waals surface area contributed by atoms with E-state index in [2.05, 4.69) is 79.4 Å². The van der Waals surface area contributed by atoms with Crippen LogP contribution in [0.15, 0.2) is 71.8 Å². The van der Waals surface area contributed by atoms with Crippen molar-refractivity contribution in [2.24, 2.45) is 0 Å². The summed E-state index contributed by atoms with van der Waals surface area (Å²) < 4.78 is 2.30. The van der Waals surface area contributed by atoms with Crippen molar-refractivity contribution in [3.05, 3.63) is 83.0 Å². The summed E-state index contributed by atoms with van der Waals surface area (Å²) in [6, 6.07) is 21.1. The van der Waals surface area contributed by atoms with Crippen LogP contribution >= 0.6 is 23.4 Å². The Morgan fingerprint density at radius 2 is 1.65 bits per heavy atom. The van der Waals surface area contributed by atoms with E-state index in [-0.39, 0.29) is 0 Å². The van der Waals surface area contributed by atoms with Crippen molar-refractivity contribution in [3.63, 3.8) is 0 Å². The third kappa shape index (κ3) is 2.84. The Balaban J connectivity index is 2.03. The van der Waals surface area contributed by atoms with Gasteiger partial charge in [-0.3, -0.25) is 0 Å². The summed E-state index contributed by atoms with van der Waals surface area (Å²) in [5.74, 6) is 0. The smallest absolute Gasteiger partial charge is 0.0600 e. The number of para-hydroxylation sites is 1. The van der Waals surface area contributed by atoms with Gasteiger partial charge in [0.25, 0.3) is 0 Å². The van der Waals surface area contributed by atoms with E-state index in [1.54, 1.807) is 11.8 Å². The van der Waals surface area contributed by atoms with Crippen molar-refractivity contribution in [3.8, 4) is 16.8 Å². The van der Waals surface area contributed by atoms with Crippen LogP contribution in [0.3, 0.4) is 0 Å². The molecule has 1 heterocycles. The van der Waals surface area contributed by atoms with Crippen LogP contribution in [0.1, 0.15) is 11.1 Å². The van der Waals surface area contributed by atoms with E-state index in [9.17, 15) is 0 Å². The number of nitrogens with zero attached hydrogens (tertiary/aromatic N) is 1. The summed E-state index contributed by atoms with van der Waals surface area (Å²) >= 11 is 7.91. The minimum Gasteiger partial charge on any atom is -0.315 e. The molecule has 26 heavy (non-hydrogen) atoms. The lowest BCUT2D eigenvalue weighted by Crippen LogP contribution is -2.00. The Morgan fingerprint density at radius 1 is 0.923 bits per heavy atom. The molecular formula is C23H20ClNS. The van der Waals surface area contributed by atoms with E-state index in [1.807, 2.05) is 12.1 Å². The van der Waals surface area contributed by atoms with Crippen LogP contribution in [-0.2, 0) is 0 Å². The summed E-state index contributed by atoms with van der Waals surface area (Å²) in [6.07, 6.45) is 4.32. The first-order chi connectivity index (χ1) is 12.6. The quantitative estimate of drug-likeness (QED) is 0.339. The number of halogens is 1. The van der Waals surface area contributed by atoms with Gasteiger partial charge in [-0.25, -0.2) is 0 Å². The van der Waals surface area contributed by atoms with Crippen molar-refractivity contribution in [2.45, 2.75) is 18.7 Å². The Kier molecular flexibility index (Phi) is 4.56. The Labute approximate surface area is 163 Å². The molecule has 0 spiro atoms. The Bertz CT molecular complexity index is 1090. The molecule has 0 atom stereocenters. The van der Waals surface area contributed by atoms with Gasteiger partial charge in [0, 0.05) is 21.7 Å². The third-order valence-corrected chi connectivity index (χ3v) is 6.05. The number of fused-ring (bicyclic) bond motifs is 1. The molecule has 3 heteroatoms. The highest BCUT2D eigenvalue weighted by atomic mass is 35.5. The fraction of sp³-hybridized carbons (Fsp3) is 0.130. The van der Waals surface area contributed by atoms with Crippen LogP contribution in [0.25, 0.3) is 27.7 Å². The molecule has 0 aliphatic rings. The van der Waals surface area contributed by atoms with Crippen LogP contribution in [0.2, 0.25) is 5.02 Å². The maximum absolute atomic E-state index is 6.11. The molecule has 0 amide bonds. The van der Waals surface area contributed by atoms with Crippen LogP contribution in [0.5, 0.6) is 0 Å². The van der Waals surface area contributed by atoms with E-state index in [4.69, 9.17) is 11.6 Å². The molecule has 0 saturated heterocycles. The Morgan fingerprint density at radius 3 is 2.38 bits per heavy atom. The largest absolute Gasteiger partial charge is 0.315 e. The normalized spacial score (nSPS) is 11.2.